The first-order valence-electron chi connectivity index (χ1n) is 9.12. The molecule has 3 heterocycles. The molecule has 0 N–H and O–H groups in total. The van der Waals surface area contributed by atoms with Crippen LogP contribution in [0.1, 0.15) is 26.3 Å². The molecule has 1 fully saturated rings. The third kappa shape index (κ3) is 3.50. The zero-order valence-corrected chi connectivity index (χ0v) is 15.3. The zero-order chi connectivity index (χ0) is 19.5. The van der Waals surface area contributed by atoms with Gasteiger partial charge >= 0.3 is 0 Å². The van der Waals surface area contributed by atoms with Crippen LogP contribution in [0.5, 0.6) is 0 Å². The summed E-state index contributed by atoms with van der Waals surface area (Å²) in [6.07, 6.45) is 5.36. The maximum atomic E-state index is 12.9. The van der Waals surface area contributed by atoms with Gasteiger partial charge in [0.15, 0.2) is 5.78 Å². The van der Waals surface area contributed by atoms with E-state index >= 15 is 0 Å². The number of pyridine rings is 1. The van der Waals surface area contributed by atoms with Gasteiger partial charge in [-0.15, -0.1) is 0 Å². The van der Waals surface area contributed by atoms with Crippen LogP contribution in [-0.2, 0) is 0 Å². The number of ketones is 1. The average Bonchev–Trinajstić information content (AvgIpc) is 3.23. The maximum Gasteiger partial charge on any atom is 0.257 e. The summed E-state index contributed by atoms with van der Waals surface area (Å²) in [6.45, 7) is 2.74. The second-order valence-corrected chi connectivity index (χ2v) is 6.76. The average molecular weight is 373 g/mol. The molecule has 1 aliphatic rings. The molecule has 0 atom stereocenters. The molecule has 2 aromatic heterocycles. The van der Waals surface area contributed by atoms with Gasteiger partial charge in [0.2, 0.25) is 0 Å². The van der Waals surface area contributed by atoms with Crippen molar-refractivity contribution in [3.8, 4) is 6.07 Å². The van der Waals surface area contributed by atoms with E-state index in [1.165, 1.54) is 0 Å². The highest BCUT2D eigenvalue weighted by atomic mass is 16.2. The molecule has 0 aliphatic carbocycles. The van der Waals surface area contributed by atoms with Gasteiger partial charge in [-0.25, -0.2) is 4.98 Å². The Hall–Kier alpha value is -3.50. The minimum Gasteiger partial charge on any atom is -0.336 e. The molecule has 3 aromatic rings. The van der Waals surface area contributed by atoms with Crippen LogP contribution in [0.15, 0.2) is 55.0 Å². The van der Waals surface area contributed by atoms with Gasteiger partial charge in [0.1, 0.15) is 5.65 Å². The van der Waals surface area contributed by atoms with Crippen molar-refractivity contribution in [3.63, 3.8) is 0 Å². The molecule has 0 saturated carbocycles. The molecule has 1 saturated heterocycles. The number of Topliss-reactive ketones (excluding diaryl/α,β-unsaturated/α-hetero) is 1. The van der Waals surface area contributed by atoms with Gasteiger partial charge in [-0.05, 0) is 24.3 Å². The molecule has 1 aliphatic heterocycles. The molecule has 0 unspecified atom stereocenters. The van der Waals surface area contributed by atoms with E-state index in [1.54, 1.807) is 36.5 Å². The second kappa shape index (κ2) is 7.62. The van der Waals surface area contributed by atoms with Crippen molar-refractivity contribution in [2.24, 2.45) is 0 Å². The number of nitriles is 1. The number of imidazole rings is 1. The number of aromatic nitrogens is 2. The molecular weight excluding hydrogens is 354 g/mol. The summed E-state index contributed by atoms with van der Waals surface area (Å²) in [4.78, 5) is 33.5. The SMILES string of the molecule is N#Cc1ccc(C(=O)CN2CCN(C(=O)c3cccn4ccnc34)CC2)cc1. The molecule has 1 aromatic carbocycles. The van der Waals surface area contributed by atoms with E-state index in [0.717, 1.165) is 0 Å². The van der Waals surface area contributed by atoms with E-state index in [2.05, 4.69) is 9.88 Å². The fraction of sp³-hybridized carbons (Fsp3) is 0.238. The molecule has 0 radical (unpaired) electrons. The first kappa shape index (κ1) is 17.9. The van der Waals surface area contributed by atoms with Crippen molar-refractivity contribution >= 4 is 17.3 Å². The summed E-state index contributed by atoms with van der Waals surface area (Å²) in [5, 5.41) is 8.85. The molecular formula is C21H19N5O2. The number of benzene rings is 1. The Balaban J connectivity index is 1.36. The summed E-state index contributed by atoms with van der Waals surface area (Å²) in [5.74, 6) is -0.0127. The lowest BCUT2D eigenvalue weighted by Crippen LogP contribution is -2.50. The van der Waals surface area contributed by atoms with E-state index in [0.29, 0.717) is 55.1 Å². The Kier molecular flexibility index (Phi) is 4.87. The van der Waals surface area contributed by atoms with E-state index in [9.17, 15) is 9.59 Å². The Labute approximate surface area is 162 Å². The third-order valence-electron chi connectivity index (χ3n) is 5.01. The van der Waals surface area contributed by atoms with Crippen LogP contribution in [0.2, 0.25) is 0 Å². The van der Waals surface area contributed by atoms with Crippen molar-refractivity contribution in [3.05, 3.63) is 71.7 Å². The van der Waals surface area contributed by atoms with Gasteiger partial charge in [0.25, 0.3) is 5.91 Å². The van der Waals surface area contributed by atoms with E-state index in [-0.39, 0.29) is 11.7 Å². The predicted molar refractivity (Wildman–Crippen MR) is 103 cm³/mol. The van der Waals surface area contributed by atoms with Gasteiger partial charge in [-0.2, -0.15) is 5.26 Å². The highest BCUT2D eigenvalue weighted by Crippen LogP contribution is 2.14. The van der Waals surface area contributed by atoms with Crippen molar-refractivity contribution in [1.29, 1.82) is 5.26 Å². The molecule has 140 valence electrons. The number of nitrogens with zero attached hydrogens (tertiary/aromatic N) is 5. The molecule has 7 nitrogen and oxygen atoms in total. The molecule has 0 bridgehead atoms. The number of hydrogen-bond donors (Lipinski definition) is 0. The number of fused-ring (bicyclic) bond motifs is 1. The normalized spacial score (nSPS) is 14.8. The summed E-state index contributed by atoms with van der Waals surface area (Å²) >= 11 is 0. The van der Waals surface area contributed by atoms with Crippen LogP contribution in [0, 0.1) is 11.3 Å². The minimum absolute atomic E-state index is 0.0198. The number of carbonyl (C=O) groups is 2. The number of carbonyl (C=O) groups excluding carboxylic acids is 2. The van der Waals surface area contributed by atoms with Crippen molar-refractivity contribution in [2.45, 2.75) is 0 Å². The quantitative estimate of drug-likeness (QED) is 0.652. The van der Waals surface area contributed by atoms with E-state index in [4.69, 9.17) is 5.26 Å². The highest BCUT2D eigenvalue weighted by Gasteiger charge is 2.25. The summed E-state index contributed by atoms with van der Waals surface area (Å²) in [7, 11) is 0. The second-order valence-electron chi connectivity index (χ2n) is 6.76. The topological polar surface area (TPSA) is 81.7 Å². The molecule has 7 heteroatoms. The number of hydrogen-bond acceptors (Lipinski definition) is 5. The lowest BCUT2D eigenvalue weighted by molar-refractivity contribution is 0.0625. The zero-order valence-electron chi connectivity index (χ0n) is 15.3. The van der Waals surface area contributed by atoms with Gasteiger partial charge in [0, 0.05) is 50.3 Å². The van der Waals surface area contributed by atoms with Crippen LogP contribution < -0.4 is 0 Å². The fourth-order valence-corrected chi connectivity index (χ4v) is 3.42. The Morgan fingerprint density at radius 3 is 2.50 bits per heavy atom. The minimum atomic E-state index is -0.0325. The first-order chi connectivity index (χ1) is 13.7. The van der Waals surface area contributed by atoms with Crippen molar-refractivity contribution < 1.29 is 9.59 Å². The number of piperazine rings is 1. The molecule has 4 rings (SSSR count). The van der Waals surface area contributed by atoms with Crippen molar-refractivity contribution in [2.75, 3.05) is 32.7 Å². The predicted octanol–water partition coefficient (Wildman–Crippen LogP) is 1.85. The standard InChI is InChI=1S/C21H19N5O2/c22-14-16-3-5-17(6-4-16)19(27)15-24-10-12-26(13-11-24)21(28)18-2-1-8-25-9-7-23-20(18)25/h1-9H,10-13,15H2. The van der Waals surface area contributed by atoms with E-state index < -0.39 is 0 Å². The van der Waals surface area contributed by atoms with E-state index in [1.807, 2.05) is 33.8 Å². The largest absolute Gasteiger partial charge is 0.336 e. The van der Waals surface area contributed by atoms with Crippen molar-refractivity contribution in [1.82, 2.24) is 19.2 Å². The highest BCUT2D eigenvalue weighted by molar-refractivity contribution is 6.00. The summed E-state index contributed by atoms with van der Waals surface area (Å²) in [5.41, 5.74) is 2.39. The fourth-order valence-electron chi connectivity index (χ4n) is 3.42. The van der Waals surface area contributed by atoms with Gasteiger partial charge in [0.05, 0.1) is 23.7 Å². The van der Waals surface area contributed by atoms with Gasteiger partial charge in [-0.3, -0.25) is 14.5 Å². The lowest BCUT2D eigenvalue weighted by atomic mass is 10.1. The summed E-state index contributed by atoms with van der Waals surface area (Å²) < 4.78 is 1.83. The molecule has 1 amide bonds. The van der Waals surface area contributed by atoms with Gasteiger partial charge < -0.3 is 9.30 Å². The first-order valence-corrected chi connectivity index (χ1v) is 9.12. The van der Waals surface area contributed by atoms with Crippen LogP contribution in [0.25, 0.3) is 5.65 Å². The van der Waals surface area contributed by atoms with Crippen LogP contribution in [0.4, 0.5) is 0 Å². The van der Waals surface area contributed by atoms with Crippen LogP contribution in [0.3, 0.4) is 0 Å². The van der Waals surface area contributed by atoms with Crippen LogP contribution in [-0.4, -0.2) is 63.6 Å². The molecule has 28 heavy (non-hydrogen) atoms. The Bertz CT molecular complexity index is 1060. The summed E-state index contributed by atoms with van der Waals surface area (Å²) in [6, 6.07) is 12.4. The smallest absolute Gasteiger partial charge is 0.257 e. The maximum absolute atomic E-state index is 12.9. The lowest BCUT2D eigenvalue weighted by Gasteiger charge is -2.34. The number of amides is 1. The number of rotatable bonds is 4. The third-order valence-corrected chi connectivity index (χ3v) is 5.01. The Morgan fingerprint density at radius 2 is 1.79 bits per heavy atom. The monoisotopic (exact) mass is 373 g/mol. The Morgan fingerprint density at radius 1 is 1.04 bits per heavy atom. The molecule has 0 spiro atoms. The van der Waals surface area contributed by atoms with Gasteiger partial charge in [-0.1, -0.05) is 12.1 Å². The van der Waals surface area contributed by atoms with Crippen LogP contribution >= 0.6 is 0 Å².